The Labute approximate surface area is 112 Å². The van der Waals surface area contributed by atoms with Crippen LogP contribution in [-0.2, 0) is 9.59 Å². The first-order valence-corrected chi connectivity index (χ1v) is 6.41. The molecule has 3 rings (SSSR count). The van der Waals surface area contributed by atoms with Crippen LogP contribution in [0.4, 0.5) is 10.6 Å². The molecular formula is C8H2N6O3S2. The molecule has 0 fully saturated rings. The van der Waals surface area contributed by atoms with Gasteiger partial charge in [0.15, 0.2) is 11.5 Å². The largest absolute Gasteiger partial charge is 0.357 e. The fourth-order valence-electron chi connectivity index (χ4n) is 1.39. The van der Waals surface area contributed by atoms with Crippen LogP contribution in [0.25, 0.3) is 0 Å². The lowest BCUT2D eigenvalue weighted by Gasteiger charge is -2.18. The molecule has 9 nitrogen and oxygen atoms in total. The fourth-order valence-corrected chi connectivity index (χ4v) is 2.25. The van der Waals surface area contributed by atoms with Crippen molar-refractivity contribution < 1.29 is 14.4 Å². The van der Waals surface area contributed by atoms with Crippen LogP contribution in [0.3, 0.4) is 0 Å². The van der Waals surface area contributed by atoms with Gasteiger partial charge in [-0.3, -0.25) is 9.59 Å². The summed E-state index contributed by atoms with van der Waals surface area (Å²) in [6.07, 6.45) is 0. The van der Waals surface area contributed by atoms with E-state index < -0.39 is 17.7 Å². The molecule has 3 heterocycles. The fraction of sp³-hybridized carbons (Fsp3) is 0. The molecule has 0 unspecified atom stereocenters. The van der Waals surface area contributed by atoms with E-state index in [-0.39, 0.29) is 17.2 Å². The third-order valence-electron chi connectivity index (χ3n) is 2.19. The van der Waals surface area contributed by atoms with E-state index in [4.69, 9.17) is 0 Å². The number of carbonyl (C=O) groups is 3. The molecule has 0 spiro atoms. The molecule has 19 heavy (non-hydrogen) atoms. The number of anilines is 1. The van der Waals surface area contributed by atoms with Crippen molar-refractivity contribution in [1.29, 1.82) is 0 Å². The van der Waals surface area contributed by atoms with Gasteiger partial charge in [-0.1, -0.05) is 8.98 Å². The number of rotatable bonds is 2. The number of aromatic nitrogens is 4. The summed E-state index contributed by atoms with van der Waals surface area (Å²) < 4.78 is 7.08. The zero-order valence-corrected chi connectivity index (χ0v) is 10.5. The Hall–Kier alpha value is -2.40. The van der Waals surface area contributed by atoms with E-state index in [1.54, 1.807) is 0 Å². The number of ketones is 1. The van der Waals surface area contributed by atoms with Crippen LogP contribution in [0.5, 0.6) is 0 Å². The maximum atomic E-state index is 11.9. The van der Waals surface area contributed by atoms with Gasteiger partial charge < -0.3 is 0 Å². The van der Waals surface area contributed by atoms with E-state index in [9.17, 15) is 14.4 Å². The van der Waals surface area contributed by atoms with Crippen LogP contribution < -0.4 is 4.90 Å². The molecule has 2 aromatic heterocycles. The SMILES string of the molecule is O=C1C(=O)N(c2csnn2)C(=O)N=C1c1csnn1. The van der Waals surface area contributed by atoms with E-state index in [0.717, 1.165) is 23.1 Å². The second-order valence-electron chi connectivity index (χ2n) is 3.27. The standard InChI is InChI=1S/C8H2N6O3S2/c15-6-5(3-1-18-12-10-3)9-8(17)14(7(6)16)4-2-19-13-11-4/h1-2H. The Morgan fingerprint density at radius 3 is 2.37 bits per heavy atom. The minimum absolute atomic E-state index is 0.0208. The first-order valence-electron chi connectivity index (χ1n) is 4.74. The molecule has 94 valence electrons. The zero-order valence-electron chi connectivity index (χ0n) is 8.88. The maximum absolute atomic E-state index is 11.9. The summed E-state index contributed by atoms with van der Waals surface area (Å²) in [5, 5.41) is 9.98. The number of nitrogens with zero attached hydrogens (tertiary/aromatic N) is 6. The number of Topliss-reactive ketones (excluding diaryl/α,β-unsaturated/α-hetero) is 1. The third kappa shape index (κ3) is 1.84. The van der Waals surface area contributed by atoms with Gasteiger partial charge in [-0.25, -0.2) is 9.69 Å². The molecule has 2 aromatic rings. The second-order valence-corrected chi connectivity index (χ2v) is 4.49. The van der Waals surface area contributed by atoms with Gasteiger partial charge in [-0.2, -0.15) is 4.99 Å². The molecule has 1 aliphatic heterocycles. The molecule has 1 aliphatic rings. The lowest BCUT2D eigenvalue weighted by molar-refractivity contribution is -0.132. The lowest BCUT2D eigenvalue weighted by Crippen LogP contribution is -2.48. The molecule has 0 aromatic carbocycles. The number of aliphatic imine (C=N–C) groups is 1. The summed E-state index contributed by atoms with van der Waals surface area (Å²) in [5.41, 5.74) is -0.198. The van der Waals surface area contributed by atoms with Gasteiger partial charge in [0.25, 0.3) is 5.78 Å². The van der Waals surface area contributed by atoms with Crippen molar-refractivity contribution >= 4 is 52.3 Å². The minimum Gasteiger partial charge on any atom is -0.281 e. The van der Waals surface area contributed by atoms with Crippen molar-refractivity contribution in [2.45, 2.75) is 0 Å². The normalized spacial score (nSPS) is 15.9. The third-order valence-corrected chi connectivity index (χ3v) is 3.19. The van der Waals surface area contributed by atoms with Crippen molar-refractivity contribution in [3.05, 3.63) is 16.5 Å². The highest BCUT2D eigenvalue weighted by Crippen LogP contribution is 2.18. The zero-order chi connectivity index (χ0) is 13.4. The van der Waals surface area contributed by atoms with Gasteiger partial charge in [0.05, 0.1) is 5.38 Å². The van der Waals surface area contributed by atoms with Gasteiger partial charge in [-0.15, -0.1) is 10.2 Å². The van der Waals surface area contributed by atoms with Crippen LogP contribution in [0.1, 0.15) is 5.69 Å². The molecule has 0 radical (unpaired) electrons. The molecule has 11 heteroatoms. The Morgan fingerprint density at radius 2 is 1.74 bits per heavy atom. The molecule has 0 bridgehead atoms. The van der Waals surface area contributed by atoms with E-state index in [1.807, 2.05) is 0 Å². The van der Waals surface area contributed by atoms with Crippen LogP contribution in [0.2, 0.25) is 0 Å². The second kappa shape index (κ2) is 4.37. The van der Waals surface area contributed by atoms with Crippen LogP contribution in [0.15, 0.2) is 15.8 Å². The summed E-state index contributed by atoms with van der Waals surface area (Å²) in [4.78, 5) is 39.8. The lowest BCUT2D eigenvalue weighted by atomic mass is 10.1. The molecule has 3 amide bonds. The van der Waals surface area contributed by atoms with Crippen molar-refractivity contribution in [3.63, 3.8) is 0 Å². The highest BCUT2D eigenvalue weighted by Gasteiger charge is 2.39. The van der Waals surface area contributed by atoms with Crippen molar-refractivity contribution in [3.8, 4) is 0 Å². The summed E-state index contributed by atoms with van der Waals surface area (Å²) in [6, 6.07) is -0.903. The molecular weight excluding hydrogens is 292 g/mol. The predicted octanol–water partition coefficient (Wildman–Crippen LogP) is -0.0854. The molecule has 0 saturated heterocycles. The van der Waals surface area contributed by atoms with E-state index >= 15 is 0 Å². The molecule has 0 aliphatic carbocycles. The van der Waals surface area contributed by atoms with Gasteiger partial charge in [0.1, 0.15) is 5.69 Å². The summed E-state index contributed by atoms with van der Waals surface area (Å²) in [5.74, 6) is -1.98. The van der Waals surface area contributed by atoms with Crippen molar-refractivity contribution in [2.24, 2.45) is 4.99 Å². The van der Waals surface area contributed by atoms with Gasteiger partial charge in [0.2, 0.25) is 0 Å². The van der Waals surface area contributed by atoms with Crippen LogP contribution in [-0.4, -0.2) is 42.6 Å². The Bertz CT molecular complexity index is 692. The van der Waals surface area contributed by atoms with E-state index in [0.29, 0.717) is 4.90 Å². The highest BCUT2D eigenvalue weighted by molar-refractivity contribution is 7.04. The number of amides is 3. The summed E-state index contributed by atoms with van der Waals surface area (Å²) in [6.45, 7) is 0. The summed E-state index contributed by atoms with van der Waals surface area (Å²) in [7, 11) is 0. The number of carbonyl (C=O) groups excluding carboxylic acids is 3. The smallest absolute Gasteiger partial charge is 0.281 e. The van der Waals surface area contributed by atoms with E-state index in [1.165, 1.54) is 10.8 Å². The number of hydrogen-bond donors (Lipinski definition) is 0. The Balaban J connectivity index is 2.06. The van der Waals surface area contributed by atoms with Crippen LogP contribution in [0, 0.1) is 0 Å². The average molecular weight is 294 g/mol. The number of urea groups is 1. The quantitative estimate of drug-likeness (QED) is 0.710. The predicted molar refractivity (Wildman–Crippen MR) is 64.2 cm³/mol. The van der Waals surface area contributed by atoms with Gasteiger partial charge in [-0.05, 0) is 23.1 Å². The minimum atomic E-state index is -1.03. The molecule has 0 atom stereocenters. The van der Waals surface area contributed by atoms with Crippen molar-refractivity contribution in [1.82, 2.24) is 19.2 Å². The van der Waals surface area contributed by atoms with Gasteiger partial charge >= 0.3 is 11.9 Å². The molecule has 0 saturated carbocycles. The Kier molecular flexibility index (Phi) is 2.68. The topological polar surface area (TPSA) is 118 Å². The average Bonchev–Trinajstić information content (AvgIpc) is 3.06. The maximum Gasteiger partial charge on any atom is 0.357 e. The van der Waals surface area contributed by atoms with Crippen molar-refractivity contribution in [2.75, 3.05) is 4.90 Å². The first kappa shape index (κ1) is 11.7. The number of imide groups is 1. The van der Waals surface area contributed by atoms with Gasteiger partial charge in [0, 0.05) is 5.38 Å². The van der Waals surface area contributed by atoms with E-state index in [2.05, 4.69) is 24.2 Å². The van der Waals surface area contributed by atoms with Crippen LogP contribution >= 0.6 is 23.1 Å². The summed E-state index contributed by atoms with van der Waals surface area (Å²) >= 11 is 1.93. The Morgan fingerprint density at radius 1 is 1.00 bits per heavy atom. The molecule has 0 N–H and O–H groups in total. The number of hydrogen-bond acceptors (Lipinski definition) is 9. The highest BCUT2D eigenvalue weighted by atomic mass is 32.1. The monoisotopic (exact) mass is 294 g/mol. The first-order chi connectivity index (χ1) is 9.18.